The molecule has 2 N–H and O–H groups in total. The molecular formula is C15H15BrN2OS. The van der Waals surface area contributed by atoms with E-state index in [4.69, 9.17) is 15.7 Å². The lowest BCUT2D eigenvalue weighted by molar-refractivity contribution is 0.174. The minimum absolute atomic E-state index is 0.0730. The van der Waals surface area contributed by atoms with Crippen molar-refractivity contribution in [2.45, 2.75) is 25.5 Å². The summed E-state index contributed by atoms with van der Waals surface area (Å²) in [5.74, 6) is 0.724. The maximum Gasteiger partial charge on any atom is 0.148 e. The molecule has 0 aliphatic heterocycles. The quantitative estimate of drug-likeness (QED) is 0.877. The summed E-state index contributed by atoms with van der Waals surface area (Å²) in [5.41, 5.74) is 6.79. The predicted octanol–water partition coefficient (Wildman–Crippen LogP) is 4.24. The van der Waals surface area contributed by atoms with E-state index in [1.165, 1.54) is 0 Å². The van der Waals surface area contributed by atoms with E-state index in [-0.39, 0.29) is 12.1 Å². The van der Waals surface area contributed by atoms with Crippen molar-refractivity contribution in [1.82, 2.24) is 0 Å². The molecule has 104 valence electrons. The fraction of sp³-hybridized carbons (Fsp3) is 0.267. The van der Waals surface area contributed by atoms with Gasteiger partial charge >= 0.3 is 0 Å². The van der Waals surface area contributed by atoms with Crippen LogP contribution in [0.5, 0.6) is 5.75 Å². The standard InChI is InChI=1S/C15H15BrN2OS/c1-2-12(18)15(13-7-8-14(16)20-13)19-11-5-3-10(9-17)4-6-11/h3-8,12,15H,2,18H2,1H3. The molecule has 0 radical (unpaired) electrons. The van der Waals surface area contributed by atoms with Crippen molar-refractivity contribution < 1.29 is 4.74 Å². The first kappa shape index (κ1) is 15.0. The largest absolute Gasteiger partial charge is 0.483 e. The Balaban J connectivity index is 2.21. The molecule has 0 saturated carbocycles. The van der Waals surface area contributed by atoms with Crippen molar-refractivity contribution in [3.8, 4) is 11.8 Å². The zero-order valence-electron chi connectivity index (χ0n) is 11.0. The average Bonchev–Trinajstić information content (AvgIpc) is 2.91. The monoisotopic (exact) mass is 350 g/mol. The normalized spacial score (nSPS) is 13.5. The number of nitrogens with zero attached hydrogens (tertiary/aromatic N) is 1. The number of halogens is 1. The van der Waals surface area contributed by atoms with Crippen molar-refractivity contribution in [2.75, 3.05) is 0 Å². The lowest BCUT2D eigenvalue weighted by atomic mass is 10.1. The summed E-state index contributed by atoms with van der Waals surface area (Å²) < 4.78 is 7.08. The van der Waals surface area contributed by atoms with E-state index in [2.05, 4.69) is 22.0 Å². The van der Waals surface area contributed by atoms with Crippen LogP contribution in [0.25, 0.3) is 0 Å². The lowest BCUT2D eigenvalue weighted by Gasteiger charge is -2.23. The third-order valence-electron chi connectivity index (χ3n) is 2.98. The smallest absolute Gasteiger partial charge is 0.148 e. The van der Waals surface area contributed by atoms with Crippen molar-refractivity contribution in [3.63, 3.8) is 0 Å². The van der Waals surface area contributed by atoms with Crippen molar-refractivity contribution in [2.24, 2.45) is 5.73 Å². The predicted molar refractivity (Wildman–Crippen MR) is 84.8 cm³/mol. The van der Waals surface area contributed by atoms with Crippen LogP contribution in [0.3, 0.4) is 0 Å². The first-order valence-corrected chi connectivity index (χ1v) is 7.92. The van der Waals surface area contributed by atoms with Gasteiger partial charge in [-0.2, -0.15) is 5.26 Å². The molecule has 0 spiro atoms. The van der Waals surface area contributed by atoms with E-state index >= 15 is 0 Å². The summed E-state index contributed by atoms with van der Waals surface area (Å²) >= 11 is 5.09. The topological polar surface area (TPSA) is 59.0 Å². The molecule has 1 aromatic carbocycles. The molecule has 0 amide bonds. The first-order valence-electron chi connectivity index (χ1n) is 6.31. The van der Waals surface area contributed by atoms with Crippen molar-refractivity contribution in [1.29, 1.82) is 5.26 Å². The first-order chi connectivity index (χ1) is 9.63. The summed E-state index contributed by atoms with van der Waals surface area (Å²) in [6, 6.07) is 13.1. The Bertz CT molecular complexity index is 603. The van der Waals surface area contributed by atoms with Gasteiger partial charge in [-0.1, -0.05) is 6.92 Å². The number of rotatable bonds is 5. The highest BCUT2D eigenvalue weighted by atomic mass is 79.9. The van der Waals surface area contributed by atoms with Gasteiger partial charge in [0.05, 0.1) is 15.4 Å². The summed E-state index contributed by atoms with van der Waals surface area (Å²) in [6.45, 7) is 2.04. The van der Waals surface area contributed by atoms with Crippen LogP contribution in [0, 0.1) is 11.3 Å². The van der Waals surface area contributed by atoms with E-state index in [0.29, 0.717) is 5.56 Å². The fourth-order valence-corrected chi connectivity index (χ4v) is 3.34. The lowest BCUT2D eigenvalue weighted by Crippen LogP contribution is -2.30. The van der Waals surface area contributed by atoms with Crippen LogP contribution in [0.1, 0.15) is 29.9 Å². The summed E-state index contributed by atoms with van der Waals surface area (Å²) in [7, 11) is 0. The molecule has 2 unspecified atom stereocenters. The number of ether oxygens (including phenoxy) is 1. The Morgan fingerprint density at radius 2 is 2.00 bits per heavy atom. The molecule has 1 aromatic heterocycles. The SMILES string of the molecule is CCC(N)C(Oc1ccc(C#N)cc1)c1ccc(Br)s1. The summed E-state index contributed by atoms with van der Waals surface area (Å²) in [5, 5.41) is 8.80. The van der Waals surface area contributed by atoms with Crippen molar-refractivity contribution >= 4 is 27.3 Å². The molecule has 0 aliphatic carbocycles. The number of benzene rings is 1. The van der Waals surface area contributed by atoms with Crippen LogP contribution in [0.15, 0.2) is 40.2 Å². The third kappa shape index (κ3) is 3.60. The fourth-order valence-electron chi connectivity index (χ4n) is 1.81. The van der Waals surface area contributed by atoms with Gasteiger partial charge in [-0.05, 0) is 58.7 Å². The van der Waals surface area contributed by atoms with E-state index in [0.717, 1.165) is 20.8 Å². The zero-order chi connectivity index (χ0) is 14.5. The molecule has 0 fully saturated rings. The van der Waals surface area contributed by atoms with Gasteiger partial charge in [0.2, 0.25) is 0 Å². The minimum atomic E-state index is -0.177. The number of nitrogens with two attached hydrogens (primary N) is 1. The van der Waals surface area contributed by atoms with Gasteiger partial charge < -0.3 is 10.5 Å². The molecule has 2 aromatic rings. The number of thiophene rings is 1. The maximum atomic E-state index is 8.80. The van der Waals surface area contributed by atoms with Gasteiger partial charge in [-0.15, -0.1) is 11.3 Å². The number of nitriles is 1. The molecule has 3 nitrogen and oxygen atoms in total. The Labute approximate surface area is 131 Å². The Kier molecular flexibility index (Phi) is 5.18. The van der Waals surface area contributed by atoms with Gasteiger partial charge in [0.15, 0.2) is 0 Å². The molecule has 0 aliphatic rings. The Morgan fingerprint density at radius 1 is 1.30 bits per heavy atom. The van der Waals surface area contributed by atoms with Gasteiger partial charge in [-0.25, -0.2) is 0 Å². The molecular weight excluding hydrogens is 336 g/mol. The zero-order valence-corrected chi connectivity index (χ0v) is 13.4. The highest BCUT2D eigenvalue weighted by molar-refractivity contribution is 9.11. The van der Waals surface area contributed by atoms with Crippen LogP contribution < -0.4 is 10.5 Å². The summed E-state index contributed by atoms with van der Waals surface area (Å²) in [4.78, 5) is 1.09. The minimum Gasteiger partial charge on any atom is -0.483 e. The second kappa shape index (κ2) is 6.89. The summed E-state index contributed by atoms with van der Waals surface area (Å²) in [6.07, 6.45) is 0.653. The van der Waals surface area contributed by atoms with Crippen LogP contribution in [0.4, 0.5) is 0 Å². The average molecular weight is 351 g/mol. The van der Waals surface area contributed by atoms with Crippen LogP contribution in [-0.2, 0) is 0 Å². The number of hydrogen-bond acceptors (Lipinski definition) is 4. The van der Waals surface area contributed by atoms with Crippen molar-refractivity contribution in [3.05, 3.63) is 50.6 Å². The molecule has 0 saturated heterocycles. The molecule has 2 rings (SSSR count). The van der Waals surface area contributed by atoms with Crippen LogP contribution >= 0.6 is 27.3 Å². The molecule has 5 heteroatoms. The van der Waals surface area contributed by atoms with Crippen LogP contribution in [0.2, 0.25) is 0 Å². The molecule has 20 heavy (non-hydrogen) atoms. The van der Waals surface area contributed by atoms with Gasteiger partial charge in [-0.3, -0.25) is 0 Å². The van der Waals surface area contributed by atoms with E-state index < -0.39 is 0 Å². The van der Waals surface area contributed by atoms with Gasteiger partial charge in [0, 0.05) is 10.9 Å². The molecule has 1 heterocycles. The highest BCUT2D eigenvalue weighted by Crippen LogP contribution is 2.32. The maximum absolute atomic E-state index is 8.80. The second-order valence-corrected chi connectivity index (χ2v) is 6.88. The molecule has 0 bridgehead atoms. The van der Waals surface area contributed by atoms with Gasteiger partial charge in [0.25, 0.3) is 0 Å². The molecule has 2 atom stereocenters. The Morgan fingerprint density at radius 3 is 2.50 bits per heavy atom. The third-order valence-corrected chi connectivity index (χ3v) is 4.67. The van der Waals surface area contributed by atoms with Gasteiger partial charge in [0.1, 0.15) is 11.9 Å². The van der Waals surface area contributed by atoms with E-state index in [1.807, 2.05) is 19.1 Å². The second-order valence-electron chi connectivity index (χ2n) is 4.39. The van der Waals surface area contributed by atoms with E-state index in [1.54, 1.807) is 35.6 Å². The Hall–Kier alpha value is -1.35. The van der Waals surface area contributed by atoms with Crippen LogP contribution in [-0.4, -0.2) is 6.04 Å². The van der Waals surface area contributed by atoms with E-state index in [9.17, 15) is 0 Å². The highest BCUT2D eigenvalue weighted by Gasteiger charge is 2.22. The number of hydrogen-bond donors (Lipinski definition) is 1.